The molecule has 3 nitrogen and oxygen atoms in total. The average Bonchev–Trinajstić information content (AvgIpc) is 2.74. The molecule has 2 saturated carbocycles. The van der Waals surface area contributed by atoms with Gasteiger partial charge in [0.2, 0.25) is 0 Å². The van der Waals surface area contributed by atoms with Crippen LogP contribution in [0.2, 0.25) is 0 Å². The molecule has 0 spiro atoms. The lowest BCUT2D eigenvalue weighted by molar-refractivity contribution is -0.131. The highest BCUT2D eigenvalue weighted by atomic mass is 16.3. The molecule has 3 aliphatic carbocycles. The van der Waals surface area contributed by atoms with Crippen LogP contribution < -0.4 is 0 Å². The molecule has 1 aromatic rings. The summed E-state index contributed by atoms with van der Waals surface area (Å²) >= 11 is 0. The van der Waals surface area contributed by atoms with Gasteiger partial charge in [0.1, 0.15) is 11.5 Å². The van der Waals surface area contributed by atoms with Crippen LogP contribution in [-0.4, -0.2) is 22.1 Å². The summed E-state index contributed by atoms with van der Waals surface area (Å²) in [6.07, 6.45) is 3.73. The van der Waals surface area contributed by atoms with Gasteiger partial charge in [0.05, 0.1) is 6.10 Å². The lowest BCUT2D eigenvalue weighted by Crippen LogP contribution is -2.48. The Hall–Kier alpha value is -1.35. The number of hydrogen-bond acceptors (Lipinski definition) is 3. The highest BCUT2D eigenvalue weighted by Crippen LogP contribution is 2.59. The molecule has 0 bridgehead atoms. The first-order chi connectivity index (χ1) is 10.0. The summed E-state index contributed by atoms with van der Waals surface area (Å²) in [5.74, 6) is 1.53. The molecular formula is C18H22O3. The second-order valence-corrected chi connectivity index (χ2v) is 7.36. The normalized spacial score (nSPS) is 41.3. The maximum absolute atomic E-state index is 12.3. The molecule has 112 valence electrons. The number of ketones is 1. The van der Waals surface area contributed by atoms with Gasteiger partial charge in [-0.2, -0.15) is 0 Å². The molecule has 4 rings (SSSR count). The molecule has 21 heavy (non-hydrogen) atoms. The Kier molecular flexibility index (Phi) is 2.74. The molecule has 1 aromatic carbocycles. The molecule has 0 amide bonds. The van der Waals surface area contributed by atoms with Crippen LogP contribution in [0.5, 0.6) is 5.75 Å². The van der Waals surface area contributed by atoms with E-state index >= 15 is 0 Å². The van der Waals surface area contributed by atoms with Gasteiger partial charge in [-0.05, 0) is 66.7 Å². The van der Waals surface area contributed by atoms with E-state index in [2.05, 4.69) is 6.92 Å². The van der Waals surface area contributed by atoms with Crippen molar-refractivity contribution in [3.8, 4) is 5.75 Å². The number of Topliss-reactive ketones (excluding diaryl/α,β-unsaturated/α-hetero) is 1. The number of aromatic hydroxyl groups is 1. The fourth-order valence-corrected chi connectivity index (χ4v) is 5.36. The quantitative estimate of drug-likeness (QED) is 0.771. The van der Waals surface area contributed by atoms with E-state index < -0.39 is 0 Å². The third-order valence-electron chi connectivity index (χ3n) is 6.44. The predicted molar refractivity (Wildman–Crippen MR) is 79.1 cm³/mol. The number of benzene rings is 1. The van der Waals surface area contributed by atoms with Gasteiger partial charge < -0.3 is 10.2 Å². The molecule has 3 heteroatoms. The number of hydrogen-bond donors (Lipinski definition) is 2. The van der Waals surface area contributed by atoms with Crippen molar-refractivity contribution in [2.75, 3.05) is 0 Å². The van der Waals surface area contributed by atoms with E-state index in [4.69, 9.17) is 0 Å². The molecule has 0 aliphatic heterocycles. The van der Waals surface area contributed by atoms with Crippen molar-refractivity contribution in [1.29, 1.82) is 0 Å². The second-order valence-electron chi connectivity index (χ2n) is 7.36. The van der Waals surface area contributed by atoms with E-state index in [1.165, 1.54) is 5.56 Å². The van der Waals surface area contributed by atoms with Gasteiger partial charge >= 0.3 is 0 Å². The van der Waals surface area contributed by atoms with Crippen molar-refractivity contribution in [3.05, 3.63) is 29.3 Å². The standard InChI is InChI=1S/C18H22O3/c1-18-7-6-13-12-3-2-11(19)8-10(12)9-15(20)17(13)14(18)4-5-16(18)21/h2-3,8,13-15,17,19-20H,4-7,9H2,1H3/t13?,14?,15-,17?,18+/m1/s1. The summed E-state index contributed by atoms with van der Waals surface area (Å²) in [4.78, 5) is 12.3. The van der Waals surface area contributed by atoms with Crippen LogP contribution in [-0.2, 0) is 11.2 Å². The third kappa shape index (κ3) is 1.73. The molecule has 2 fully saturated rings. The van der Waals surface area contributed by atoms with Gasteiger partial charge in [0.25, 0.3) is 0 Å². The molecular weight excluding hydrogens is 264 g/mol. The topological polar surface area (TPSA) is 57.5 Å². The summed E-state index contributed by atoms with van der Waals surface area (Å²) in [5.41, 5.74) is 2.15. The first-order valence-electron chi connectivity index (χ1n) is 8.04. The number of phenols is 1. The molecule has 0 heterocycles. The maximum Gasteiger partial charge on any atom is 0.139 e. The minimum absolute atomic E-state index is 0.201. The molecule has 5 atom stereocenters. The van der Waals surface area contributed by atoms with Crippen molar-refractivity contribution >= 4 is 5.78 Å². The van der Waals surface area contributed by atoms with Crippen molar-refractivity contribution in [3.63, 3.8) is 0 Å². The second kappa shape index (κ2) is 4.33. The van der Waals surface area contributed by atoms with Crippen molar-refractivity contribution in [2.45, 2.75) is 51.0 Å². The number of fused-ring (bicyclic) bond motifs is 5. The Balaban J connectivity index is 1.77. The summed E-state index contributed by atoms with van der Waals surface area (Å²) in [5, 5.41) is 20.4. The first-order valence-corrected chi connectivity index (χ1v) is 8.04. The fourth-order valence-electron chi connectivity index (χ4n) is 5.36. The number of aliphatic hydroxyl groups excluding tert-OH is 1. The highest BCUT2D eigenvalue weighted by molar-refractivity contribution is 5.87. The number of rotatable bonds is 0. The largest absolute Gasteiger partial charge is 0.508 e. The maximum atomic E-state index is 12.3. The number of carbonyl (C=O) groups excluding carboxylic acids is 1. The molecule has 0 radical (unpaired) electrons. The molecule has 3 unspecified atom stereocenters. The highest BCUT2D eigenvalue weighted by Gasteiger charge is 2.56. The lowest BCUT2D eigenvalue weighted by Gasteiger charge is -2.50. The zero-order chi connectivity index (χ0) is 14.8. The molecule has 0 saturated heterocycles. The summed E-state index contributed by atoms with van der Waals surface area (Å²) in [6, 6.07) is 5.57. The van der Waals surface area contributed by atoms with E-state index in [9.17, 15) is 15.0 Å². The smallest absolute Gasteiger partial charge is 0.139 e. The van der Waals surface area contributed by atoms with Crippen molar-refractivity contribution < 1.29 is 15.0 Å². The van der Waals surface area contributed by atoms with Crippen LogP contribution in [0.3, 0.4) is 0 Å². The zero-order valence-electron chi connectivity index (χ0n) is 12.4. The minimum atomic E-state index is -0.389. The number of carbonyl (C=O) groups is 1. The fraction of sp³-hybridized carbons (Fsp3) is 0.611. The van der Waals surface area contributed by atoms with Gasteiger partial charge in [-0.25, -0.2) is 0 Å². The summed E-state index contributed by atoms with van der Waals surface area (Å²) in [7, 11) is 0. The lowest BCUT2D eigenvalue weighted by atomic mass is 9.55. The van der Waals surface area contributed by atoms with Crippen LogP contribution in [0.25, 0.3) is 0 Å². The van der Waals surface area contributed by atoms with Gasteiger partial charge in [-0.1, -0.05) is 13.0 Å². The Morgan fingerprint density at radius 1 is 1.29 bits per heavy atom. The Labute approximate surface area is 125 Å². The van der Waals surface area contributed by atoms with E-state index in [1.807, 2.05) is 6.07 Å². The summed E-state index contributed by atoms with van der Waals surface area (Å²) < 4.78 is 0. The van der Waals surface area contributed by atoms with Crippen LogP contribution in [0.1, 0.15) is 49.7 Å². The number of aliphatic hydroxyl groups is 1. The molecule has 0 aromatic heterocycles. The van der Waals surface area contributed by atoms with Crippen LogP contribution >= 0.6 is 0 Å². The molecule has 2 N–H and O–H groups in total. The van der Waals surface area contributed by atoms with Crippen LogP contribution in [0.4, 0.5) is 0 Å². The van der Waals surface area contributed by atoms with Gasteiger partial charge in [-0.15, -0.1) is 0 Å². The van der Waals surface area contributed by atoms with E-state index in [0.29, 0.717) is 30.5 Å². The Bertz CT molecular complexity index is 608. The van der Waals surface area contributed by atoms with E-state index in [1.54, 1.807) is 12.1 Å². The number of phenolic OH excluding ortho intramolecular Hbond substituents is 1. The SMILES string of the molecule is C[C@]12CCC3c4ccc(O)cc4C[C@@H](O)C3C1CCC2=O. The zero-order valence-corrected chi connectivity index (χ0v) is 12.4. The van der Waals surface area contributed by atoms with Crippen LogP contribution in [0, 0.1) is 17.3 Å². The van der Waals surface area contributed by atoms with Crippen molar-refractivity contribution in [1.82, 2.24) is 0 Å². The average molecular weight is 286 g/mol. The Morgan fingerprint density at radius 2 is 2.10 bits per heavy atom. The predicted octanol–water partition coefficient (Wildman–Crippen LogP) is 2.79. The summed E-state index contributed by atoms with van der Waals surface area (Å²) in [6.45, 7) is 2.11. The first kappa shape index (κ1) is 13.3. The van der Waals surface area contributed by atoms with Gasteiger partial charge in [0, 0.05) is 11.8 Å². The van der Waals surface area contributed by atoms with Crippen molar-refractivity contribution in [2.24, 2.45) is 17.3 Å². The Morgan fingerprint density at radius 3 is 2.90 bits per heavy atom. The molecule has 3 aliphatic rings. The van der Waals surface area contributed by atoms with E-state index in [0.717, 1.165) is 24.8 Å². The van der Waals surface area contributed by atoms with E-state index in [-0.39, 0.29) is 23.2 Å². The van der Waals surface area contributed by atoms with Gasteiger partial charge in [-0.3, -0.25) is 4.79 Å². The monoisotopic (exact) mass is 286 g/mol. The minimum Gasteiger partial charge on any atom is -0.508 e. The van der Waals surface area contributed by atoms with Gasteiger partial charge in [0.15, 0.2) is 0 Å². The third-order valence-corrected chi connectivity index (χ3v) is 6.44. The van der Waals surface area contributed by atoms with Crippen LogP contribution in [0.15, 0.2) is 18.2 Å².